The molecule has 1 aromatic rings. The Balaban J connectivity index is 3.00. The van der Waals surface area contributed by atoms with E-state index in [2.05, 4.69) is 15.9 Å². The van der Waals surface area contributed by atoms with Gasteiger partial charge in [0.1, 0.15) is 0 Å². The van der Waals surface area contributed by atoms with Gasteiger partial charge in [-0.3, -0.25) is 0 Å². The Labute approximate surface area is 89.8 Å². The van der Waals surface area contributed by atoms with E-state index in [1.165, 1.54) is 6.08 Å². The van der Waals surface area contributed by atoms with Gasteiger partial charge in [0, 0.05) is 20.6 Å². The molecule has 0 bridgehead atoms. The molecular formula is C8H6BrClO2S. The summed E-state index contributed by atoms with van der Waals surface area (Å²) < 4.78 is 22.0. The molecule has 0 unspecified atom stereocenters. The molecule has 0 saturated heterocycles. The Kier molecular flexibility index (Phi) is 3.53. The highest BCUT2D eigenvalue weighted by atomic mass is 79.9. The first-order valence-corrected chi connectivity index (χ1v) is 6.53. The molecule has 1 aromatic carbocycles. The van der Waals surface area contributed by atoms with Crippen LogP contribution in [0.1, 0.15) is 5.56 Å². The molecule has 5 heteroatoms. The Morgan fingerprint density at radius 3 is 2.46 bits per heavy atom. The van der Waals surface area contributed by atoms with Crippen LogP contribution in [0.2, 0.25) is 0 Å². The second-order valence-electron chi connectivity index (χ2n) is 2.30. The molecule has 0 aliphatic carbocycles. The zero-order chi connectivity index (χ0) is 9.90. The van der Waals surface area contributed by atoms with Crippen molar-refractivity contribution in [1.29, 1.82) is 0 Å². The third-order valence-corrected chi connectivity index (χ3v) is 2.81. The maximum absolute atomic E-state index is 10.6. The number of hydrogen-bond acceptors (Lipinski definition) is 2. The van der Waals surface area contributed by atoms with Gasteiger partial charge >= 0.3 is 0 Å². The number of halogens is 2. The molecule has 13 heavy (non-hydrogen) atoms. The molecule has 0 radical (unpaired) electrons. The van der Waals surface area contributed by atoms with Crippen LogP contribution < -0.4 is 0 Å². The van der Waals surface area contributed by atoms with E-state index < -0.39 is 9.05 Å². The fourth-order valence-corrected chi connectivity index (χ4v) is 1.65. The van der Waals surface area contributed by atoms with Gasteiger partial charge in [0.2, 0.25) is 0 Å². The summed E-state index contributed by atoms with van der Waals surface area (Å²) in [6, 6.07) is 7.26. The van der Waals surface area contributed by atoms with E-state index >= 15 is 0 Å². The van der Waals surface area contributed by atoms with Crippen LogP contribution >= 0.6 is 26.6 Å². The summed E-state index contributed by atoms with van der Waals surface area (Å²) in [5.41, 5.74) is 0.770. The van der Waals surface area contributed by atoms with Crippen LogP contribution in [0, 0.1) is 0 Å². The molecule has 0 fully saturated rings. The van der Waals surface area contributed by atoms with Crippen LogP contribution in [0.25, 0.3) is 6.08 Å². The van der Waals surface area contributed by atoms with Crippen molar-refractivity contribution < 1.29 is 8.42 Å². The van der Waals surface area contributed by atoms with Gasteiger partial charge in [-0.1, -0.05) is 34.1 Å². The molecule has 0 aliphatic rings. The average molecular weight is 282 g/mol. The molecule has 0 aromatic heterocycles. The Hall–Kier alpha value is -0.320. The fraction of sp³-hybridized carbons (Fsp3) is 0. The minimum absolute atomic E-state index is 0.770. The van der Waals surface area contributed by atoms with E-state index in [4.69, 9.17) is 10.7 Å². The molecule has 1 rings (SSSR count). The third kappa shape index (κ3) is 3.93. The minimum Gasteiger partial charge on any atom is -0.208 e. The first-order chi connectivity index (χ1) is 5.99. The van der Waals surface area contributed by atoms with E-state index in [0.29, 0.717) is 0 Å². The molecule has 0 aliphatic heterocycles. The van der Waals surface area contributed by atoms with E-state index in [9.17, 15) is 8.42 Å². The largest absolute Gasteiger partial charge is 0.254 e. The molecule has 0 N–H and O–H groups in total. The molecule has 0 saturated carbocycles. The van der Waals surface area contributed by atoms with Crippen LogP contribution in [0.4, 0.5) is 0 Å². The lowest BCUT2D eigenvalue weighted by molar-refractivity contribution is 0.617. The van der Waals surface area contributed by atoms with Crippen LogP contribution in [0.5, 0.6) is 0 Å². The topological polar surface area (TPSA) is 34.1 Å². The quantitative estimate of drug-likeness (QED) is 0.781. The lowest BCUT2D eigenvalue weighted by Gasteiger charge is -1.95. The lowest BCUT2D eigenvalue weighted by atomic mass is 10.2. The van der Waals surface area contributed by atoms with Gasteiger partial charge in [-0.05, 0) is 17.7 Å². The molecular weight excluding hydrogens is 276 g/mol. The smallest absolute Gasteiger partial charge is 0.208 e. The van der Waals surface area contributed by atoms with Gasteiger partial charge in [0.25, 0.3) is 9.05 Å². The van der Waals surface area contributed by atoms with Crippen molar-refractivity contribution in [2.75, 3.05) is 0 Å². The van der Waals surface area contributed by atoms with Gasteiger partial charge in [0.15, 0.2) is 0 Å². The second-order valence-corrected chi connectivity index (χ2v) is 5.67. The van der Waals surface area contributed by atoms with Crippen molar-refractivity contribution in [3.05, 3.63) is 39.7 Å². The standard InChI is InChI=1S/C8H6BrClO2S/c9-8-4-2-1-3-7(8)5-6-13(10,11)12/h1-6H. The molecule has 0 spiro atoms. The summed E-state index contributed by atoms with van der Waals surface area (Å²) in [6.07, 6.45) is 1.44. The summed E-state index contributed by atoms with van der Waals surface area (Å²) >= 11 is 3.27. The number of rotatable bonds is 2. The van der Waals surface area contributed by atoms with E-state index in [1.807, 2.05) is 18.2 Å². The summed E-state index contributed by atoms with van der Waals surface area (Å²) in [5.74, 6) is 0. The average Bonchev–Trinajstić information content (AvgIpc) is 2.01. The van der Waals surface area contributed by atoms with Crippen LogP contribution in [-0.2, 0) is 9.05 Å². The van der Waals surface area contributed by atoms with Crippen molar-refractivity contribution in [1.82, 2.24) is 0 Å². The number of benzene rings is 1. The minimum atomic E-state index is -3.57. The van der Waals surface area contributed by atoms with Gasteiger partial charge < -0.3 is 0 Å². The lowest BCUT2D eigenvalue weighted by Crippen LogP contribution is -1.80. The Morgan fingerprint density at radius 1 is 1.31 bits per heavy atom. The zero-order valence-corrected chi connectivity index (χ0v) is 9.60. The van der Waals surface area contributed by atoms with E-state index in [-0.39, 0.29) is 0 Å². The predicted molar refractivity (Wildman–Crippen MR) is 57.9 cm³/mol. The van der Waals surface area contributed by atoms with Crippen LogP contribution in [0.15, 0.2) is 34.1 Å². The first-order valence-electron chi connectivity index (χ1n) is 3.36. The molecule has 70 valence electrons. The predicted octanol–water partition coefficient (Wildman–Crippen LogP) is 2.99. The van der Waals surface area contributed by atoms with Crippen molar-refractivity contribution >= 4 is 41.7 Å². The Bertz CT molecular complexity index is 426. The Morgan fingerprint density at radius 2 is 1.92 bits per heavy atom. The van der Waals surface area contributed by atoms with Crippen molar-refractivity contribution in [3.63, 3.8) is 0 Å². The monoisotopic (exact) mass is 280 g/mol. The molecule has 0 atom stereocenters. The first kappa shape index (κ1) is 10.8. The van der Waals surface area contributed by atoms with E-state index in [0.717, 1.165) is 15.4 Å². The normalized spacial score (nSPS) is 12.2. The summed E-state index contributed by atoms with van der Waals surface area (Å²) in [4.78, 5) is 0. The summed E-state index contributed by atoms with van der Waals surface area (Å²) in [7, 11) is 1.44. The van der Waals surface area contributed by atoms with Crippen molar-refractivity contribution in [3.8, 4) is 0 Å². The van der Waals surface area contributed by atoms with Gasteiger partial charge in [-0.15, -0.1) is 0 Å². The maximum Gasteiger partial charge on any atom is 0.254 e. The second kappa shape index (κ2) is 4.26. The van der Waals surface area contributed by atoms with Crippen LogP contribution in [0.3, 0.4) is 0 Å². The summed E-state index contributed by atoms with van der Waals surface area (Å²) in [6.45, 7) is 0. The van der Waals surface area contributed by atoms with Crippen molar-refractivity contribution in [2.45, 2.75) is 0 Å². The van der Waals surface area contributed by atoms with Crippen molar-refractivity contribution in [2.24, 2.45) is 0 Å². The fourth-order valence-electron chi connectivity index (χ4n) is 0.765. The van der Waals surface area contributed by atoms with Gasteiger partial charge in [-0.2, -0.15) is 0 Å². The molecule has 0 heterocycles. The summed E-state index contributed by atoms with van der Waals surface area (Å²) in [5, 5.41) is 0.953. The van der Waals surface area contributed by atoms with Gasteiger partial charge in [0.05, 0.1) is 0 Å². The van der Waals surface area contributed by atoms with Crippen LogP contribution in [-0.4, -0.2) is 8.42 Å². The maximum atomic E-state index is 10.6. The van der Waals surface area contributed by atoms with Gasteiger partial charge in [-0.25, -0.2) is 8.42 Å². The zero-order valence-electron chi connectivity index (χ0n) is 6.44. The van der Waals surface area contributed by atoms with E-state index in [1.54, 1.807) is 6.07 Å². The highest BCUT2D eigenvalue weighted by Crippen LogP contribution is 2.18. The third-order valence-electron chi connectivity index (χ3n) is 1.32. The number of hydrogen-bond donors (Lipinski definition) is 0. The highest BCUT2D eigenvalue weighted by Gasteiger charge is 1.98. The highest BCUT2D eigenvalue weighted by molar-refractivity contribution is 9.10. The molecule has 2 nitrogen and oxygen atoms in total. The SMILES string of the molecule is O=S(=O)(Cl)C=Cc1ccccc1Br. The molecule has 0 amide bonds.